The van der Waals surface area contributed by atoms with E-state index in [1.807, 2.05) is 30.3 Å². The molecule has 2 rings (SSSR count). The van der Waals surface area contributed by atoms with Gasteiger partial charge in [-0.3, -0.25) is 9.69 Å². The van der Waals surface area contributed by atoms with E-state index in [1.165, 1.54) is 30.7 Å². The first-order chi connectivity index (χ1) is 8.72. The summed E-state index contributed by atoms with van der Waals surface area (Å²) in [6, 6.07) is 10.0. The zero-order chi connectivity index (χ0) is 13.0. The van der Waals surface area contributed by atoms with Crippen LogP contribution in [0.5, 0.6) is 0 Å². The smallest absolute Gasteiger partial charge is 0.269 e. The van der Waals surface area contributed by atoms with E-state index in [2.05, 4.69) is 0 Å². The van der Waals surface area contributed by atoms with Gasteiger partial charge in [-0.2, -0.15) is 0 Å². The van der Waals surface area contributed by atoms with Gasteiger partial charge in [-0.05, 0) is 12.0 Å². The van der Waals surface area contributed by atoms with E-state index < -0.39 is 0 Å². The van der Waals surface area contributed by atoms with Crippen molar-refractivity contribution in [3.8, 4) is 0 Å². The molecule has 0 atom stereocenters. The molecule has 0 bridgehead atoms. The van der Waals surface area contributed by atoms with Crippen LogP contribution in [0, 0.1) is 0 Å². The SMILES string of the molecule is COC=C1SC(=S)N(CCc2ccccc2)C1=O. The minimum Gasteiger partial charge on any atom is -0.503 e. The van der Waals surface area contributed by atoms with Crippen molar-refractivity contribution in [2.45, 2.75) is 6.42 Å². The molecule has 1 fully saturated rings. The molecule has 5 heteroatoms. The molecule has 1 aliphatic heterocycles. The van der Waals surface area contributed by atoms with Crippen LogP contribution in [0.3, 0.4) is 0 Å². The van der Waals surface area contributed by atoms with Gasteiger partial charge in [0, 0.05) is 6.54 Å². The third-order valence-corrected chi connectivity index (χ3v) is 3.92. The molecule has 0 radical (unpaired) electrons. The van der Waals surface area contributed by atoms with Gasteiger partial charge in [-0.25, -0.2) is 0 Å². The van der Waals surface area contributed by atoms with Gasteiger partial charge >= 0.3 is 0 Å². The van der Waals surface area contributed by atoms with Crippen LogP contribution in [0.2, 0.25) is 0 Å². The highest BCUT2D eigenvalue weighted by Crippen LogP contribution is 2.30. The third kappa shape index (κ3) is 2.91. The second-order valence-corrected chi connectivity index (χ2v) is 5.45. The molecule has 1 amide bonds. The number of carbonyl (C=O) groups excluding carboxylic acids is 1. The average molecular weight is 279 g/mol. The molecule has 0 saturated carbocycles. The van der Waals surface area contributed by atoms with Gasteiger partial charge in [0.05, 0.1) is 7.11 Å². The van der Waals surface area contributed by atoms with Gasteiger partial charge in [0.15, 0.2) is 0 Å². The summed E-state index contributed by atoms with van der Waals surface area (Å²) in [5.74, 6) is -0.0669. The first-order valence-electron chi connectivity index (χ1n) is 5.53. The summed E-state index contributed by atoms with van der Waals surface area (Å²) < 4.78 is 5.46. The van der Waals surface area contributed by atoms with E-state index in [4.69, 9.17) is 17.0 Å². The lowest BCUT2D eigenvalue weighted by Gasteiger charge is -2.14. The monoisotopic (exact) mass is 279 g/mol. The Morgan fingerprint density at radius 1 is 1.39 bits per heavy atom. The Labute approximate surface area is 116 Å². The minimum absolute atomic E-state index is 0.0669. The van der Waals surface area contributed by atoms with Crippen LogP contribution in [0.1, 0.15) is 5.56 Å². The molecule has 0 spiro atoms. The first-order valence-corrected chi connectivity index (χ1v) is 6.75. The Morgan fingerprint density at radius 3 is 2.78 bits per heavy atom. The quantitative estimate of drug-likeness (QED) is 0.481. The number of nitrogens with zero attached hydrogens (tertiary/aromatic N) is 1. The topological polar surface area (TPSA) is 29.5 Å². The van der Waals surface area contributed by atoms with Gasteiger partial charge in [0.2, 0.25) is 0 Å². The van der Waals surface area contributed by atoms with Crippen LogP contribution in [0.4, 0.5) is 0 Å². The molecule has 1 aliphatic rings. The van der Waals surface area contributed by atoms with E-state index in [-0.39, 0.29) is 5.91 Å². The molecule has 0 aromatic heterocycles. The number of thioether (sulfide) groups is 1. The summed E-state index contributed by atoms with van der Waals surface area (Å²) in [5, 5.41) is 0. The summed E-state index contributed by atoms with van der Waals surface area (Å²) >= 11 is 6.48. The highest BCUT2D eigenvalue weighted by atomic mass is 32.2. The van der Waals surface area contributed by atoms with E-state index in [0.29, 0.717) is 15.8 Å². The van der Waals surface area contributed by atoms with Crippen LogP contribution in [0.25, 0.3) is 0 Å². The van der Waals surface area contributed by atoms with E-state index in [0.717, 1.165) is 6.42 Å². The normalized spacial score (nSPS) is 17.6. The lowest BCUT2D eigenvalue weighted by atomic mass is 10.1. The molecule has 1 heterocycles. The summed E-state index contributed by atoms with van der Waals surface area (Å²) in [7, 11) is 1.52. The number of hydrogen-bond donors (Lipinski definition) is 0. The van der Waals surface area contributed by atoms with Gasteiger partial charge in [0.1, 0.15) is 15.5 Å². The molecular weight excluding hydrogens is 266 g/mol. The summed E-state index contributed by atoms with van der Waals surface area (Å²) in [4.78, 5) is 14.2. The number of thiocarbonyl (C=S) groups is 1. The van der Waals surface area contributed by atoms with Crippen LogP contribution < -0.4 is 0 Å². The molecule has 0 aliphatic carbocycles. The molecular formula is C13H13NO2S2. The van der Waals surface area contributed by atoms with Crippen molar-refractivity contribution in [1.82, 2.24) is 4.90 Å². The minimum atomic E-state index is -0.0669. The predicted molar refractivity (Wildman–Crippen MR) is 77.1 cm³/mol. The highest BCUT2D eigenvalue weighted by molar-refractivity contribution is 8.26. The van der Waals surface area contributed by atoms with Crippen molar-refractivity contribution >= 4 is 34.2 Å². The number of carbonyl (C=O) groups is 1. The Balaban J connectivity index is 2.00. The van der Waals surface area contributed by atoms with Crippen molar-refractivity contribution in [2.24, 2.45) is 0 Å². The molecule has 3 nitrogen and oxygen atoms in total. The predicted octanol–water partition coefficient (Wildman–Crippen LogP) is 2.58. The molecule has 94 valence electrons. The maximum absolute atomic E-state index is 12.0. The van der Waals surface area contributed by atoms with Crippen molar-refractivity contribution < 1.29 is 9.53 Å². The van der Waals surface area contributed by atoms with Crippen LogP contribution in [-0.4, -0.2) is 28.8 Å². The zero-order valence-corrected chi connectivity index (χ0v) is 11.6. The number of hydrogen-bond acceptors (Lipinski definition) is 4. The molecule has 18 heavy (non-hydrogen) atoms. The molecule has 0 N–H and O–H groups in total. The molecule has 0 unspecified atom stereocenters. The van der Waals surface area contributed by atoms with E-state index in [1.54, 1.807) is 4.90 Å². The van der Waals surface area contributed by atoms with Gasteiger partial charge in [-0.1, -0.05) is 54.3 Å². The Bertz CT molecular complexity index is 485. The summed E-state index contributed by atoms with van der Waals surface area (Å²) in [6.07, 6.45) is 2.25. The standard InChI is InChI=1S/C13H13NO2S2/c1-16-9-11-12(15)14(13(17)18-11)8-7-10-5-3-2-4-6-10/h2-6,9H,7-8H2,1H3. The lowest BCUT2D eigenvalue weighted by Crippen LogP contribution is -2.30. The maximum atomic E-state index is 12.0. The van der Waals surface area contributed by atoms with Gasteiger partial charge in [0.25, 0.3) is 5.91 Å². The Morgan fingerprint density at radius 2 is 2.11 bits per heavy atom. The number of amides is 1. The zero-order valence-electron chi connectivity index (χ0n) is 9.96. The first kappa shape index (κ1) is 13.1. The lowest BCUT2D eigenvalue weighted by molar-refractivity contribution is -0.122. The fraction of sp³-hybridized carbons (Fsp3) is 0.231. The fourth-order valence-corrected chi connectivity index (χ4v) is 2.93. The molecule has 1 saturated heterocycles. The number of benzene rings is 1. The van der Waals surface area contributed by atoms with Gasteiger partial charge < -0.3 is 4.74 Å². The number of ether oxygens (including phenoxy) is 1. The Kier molecular flexibility index (Phi) is 4.38. The van der Waals surface area contributed by atoms with Crippen molar-refractivity contribution in [2.75, 3.05) is 13.7 Å². The fourth-order valence-electron chi connectivity index (χ4n) is 1.67. The molecule has 1 aromatic rings. The third-order valence-electron chi connectivity index (χ3n) is 2.57. The van der Waals surface area contributed by atoms with Crippen molar-refractivity contribution in [3.05, 3.63) is 47.1 Å². The van der Waals surface area contributed by atoms with E-state index in [9.17, 15) is 4.79 Å². The van der Waals surface area contributed by atoms with Crippen LogP contribution in [-0.2, 0) is 16.0 Å². The molecule has 1 aromatic carbocycles. The van der Waals surface area contributed by atoms with Gasteiger partial charge in [-0.15, -0.1) is 0 Å². The highest BCUT2D eigenvalue weighted by Gasteiger charge is 2.31. The van der Waals surface area contributed by atoms with Crippen LogP contribution in [0.15, 0.2) is 41.5 Å². The van der Waals surface area contributed by atoms with Crippen molar-refractivity contribution in [1.29, 1.82) is 0 Å². The average Bonchev–Trinajstić information content (AvgIpc) is 2.64. The van der Waals surface area contributed by atoms with Crippen LogP contribution >= 0.6 is 24.0 Å². The second kappa shape index (κ2) is 6.02. The van der Waals surface area contributed by atoms with Crippen molar-refractivity contribution in [3.63, 3.8) is 0 Å². The maximum Gasteiger partial charge on any atom is 0.269 e. The Hall–Kier alpha value is -1.33. The summed E-state index contributed by atoms with van der Waals surface area (Å²) in [6.45, 7) is 0.607. The summed E-state index contributed by atoms with van der Waals surface area (Å²) in [5.41, 5.74) is 1.20. The second-order valence-electron chi connectivity index (χ2n) is 3.78. The van der Waals surface area contributed by atoms with E-state index >= 15 is 0 Å². The number of methoxy groups -OCH3 is 1. The number of rotatable bonds is 4. The largest absolute Gasteiger partial charge is 0.503 e.